The number of hydrogen-bond donors (Lipinski definition) is 2. The van der Waals surface area contributed by atoms with Gasteiger partial charge >= 0.3 is 0 Å². The first-order valence-corrected chi connectivity index (χ1v) is 14.4. The Kier molecular flexibility index (Phi) is 6.74. The van der Waals surface area contributed by atoms with E-state index >= 15 is 0 Å². The third-order valence-corrected chi connectivity index (χ3v) is 8.47. The second-order valence-electron chi connectivity index (χ2n) is 9.99. The van der Waals surface area contributed by atoms with Crippen LogP contribution in [0.1, 0.15) is 45.2 Å². The summed E-state index contributed by atoms with van der Waals surface area (Å²) in [6.07, 6.45) is 11.9. The number of fused-ring (bicyclic) bond motifs is 2. The van der Waals surface area contributed by atoms with Gasteiger partial charge in [-0.25, -0.2) is 0 Å². The summed E-state index contributed by atoms with van der Waals surface area (Å²) in [5.41, 5.74) is 3.53. The highest BCUT2D eigenvalue weighted by Gasteiger charge is 2.35. The molecule has 8 nitrogen and oxygen atoms in total. The Hall–Kier alpha value is -3.18. The molecule has 0 radical (unpaired) electrons. The van der Waals surface area contributed by atoms with Gasteiger partial charge in [0.05, 0.1) is 26.9 Å². The second-order valence-corrected chi connectivity index (χ2v) is 12.8. The number of benzene rings is 2. The van der Waals surface area contributed by atoms with Gasteiger partial charge in [0.2, 0.25) is 0 Å². The van der Waals surface area contributed by atoms with Crippen LogP contribution in [0.15, 0.2) is 92.6 Å². The molecule has 10 heteroatoms. The van der Waals surface area contributed by atoms with Crippen LogP contribution in [0.3, 0.4) is 0 Å². The van der Waals surface area contributed by atoms with Crippen LogP contribution in [0.4, 0.5) is 11.4 Å². The smallest absolute Gasteiger partial charge is 0.282 e. The standard InChI is InChI=1S/C27H28N2O6S2/c1-26(2)20-16-18(36(30,31)32)12-14-22(20)28-24(26)10-8-6-5-7-9-11-25-27(3,4)21-17-19(37(33,34)35)13-15-23(21)29-25/h5-10,12-17H,11H2,1-4H3,(H,30,31,32)(H,33,34,35). The van der Waals surface area contributed by atoms with Crippen molar-refractivity contribution in [2.75, 3.05) is 0 Å². The molecule has 0 amide bonds. The van der Waals surface area contributed by atoms with Crippen LogP contribution in [0.25, 0.3) is 0 Å². The Balaban J connectivity index is 1.40. The summed E-state index contributed by atoms with van der Waals surface area (Å²) in [6, 6.07) is 8.83. The van der Waals surface area contributed by atoms with Crippen LogP contribution >= 0.6 is 0 Å². The maximum Gasteiger partial charge on any atom is 0.294 e. The Bertz CT molecular complexity index is 1640. The van der Waals surface area contributed by atoms with Gasteiger partial charge in [-0.15, -0.1) is 0 Å². The van der Waals surface area contributed by atoms with Crippen molar-refractivity contribution in [3.05, 3.63) is 84.0 Å². The molecule has 0 atom stereocenters. The minimum Gasteiger partial charge on any atom is -0.282 e. The van der Waals surface area contributed by atoms with Crippen LogP contribution in [0.5, 0.6) is 0 Å². The van der Waals surface area contributed by atoms with E-state index in [2.05, 4.69) is 9.98 Å². The van der Waals surface area contributed by atoms with E-state index in [1.54, 1.807) is 12.1 Å². The van der Waals surface area contributed by atoms with Crippen LogP contribution in [-0.4, -0.2) is 37.4 Å². The number of allylic oxidation sites excluding steroid dienone is 6. The van der Waals surface area contributed by atoms with Gasteiger partial charge in [-0.1, -0.05) is 58.1 Å². The molecule has 0 unspecified atom stereocenters. The average Bonchev–Trinajstić information content (AvgIpc) is 3.20. The van der Waals surface area contributed by atoms with E-state index in [-0.39, 0.29) is 9.79 Å². The van der Waals surface area contributed by atoms with Crippen molar-refractivity contribution >= 4 is 43.0 Å². The summed E-state index contributed by atoms with van der Waals surface area (Å²) in [6.45, 7) is 7.83. The zero-order chi connectivity index (χ0) is 27.2. The minimum atomic E-state index is -4.29. The molecule has 2 aromatic rings. The van der Waals surface area contributed by atoms with Gasteiger partial charge in [-0.05, 0) is 53.6 Å². The zero-order valence-corrected chi connectivity index (χ0v) is 22.5. The third kappa shape index (κ3) is 5.28. The first kappa shape index (κ1) is 26.9. The maximum atomic E-state index is 11.5. The van der Waals surface area contributed by atoms with Crippen molar-refractivity contribution in [3.63, 3.8) is 0 Å². The van der Waals surface area contributed by atoms with Crippen molar-refractivity contribution in [1.82, 2.24) is 0 Å². The molecular formula is C27H28N2O6S2. The molecule has 2 aliphatic heterocycles. The summed E-state index contributed by atoms with van der Waals surface area (Å²) in [4.78, 5) is 8.96. The monoisotopic (exact) mass is 540 g/mol. The molecule has 0 spiro atoms. The molecule has 0 bridgehead atoms. The van der Waals surface area contributed by atoms with Gasteiger partial charge in [0, 0.05) is 23.0 Å². The van der Waals surface area contributed by atoms with Crippen molar-refractivity contribution in [2.24, 2.45) is 9.98 Å². The molecule has 0 saturated carbocycles. The molecule has 0 saturated heterocycles. The van der Waals surface area contributed by atoms with E-state index < -0.39 is 31.1 Å². The highest BCUT2D eigenvalue weighted by molar-refractivity contribution is 7.86. The molecule has 0 fully saturated rings. The molecule has 37 heavy (non-hydrogen) atoms. The summed E-state index contributed by atoms with van der Waals surface area (Å²) < 4.78 is 64.7. The van der Waals surface area contributed by atoms with E-state index in [0.29, 0.717) is 17.8 Å². The van der Waals surface area contributed by atoms with E-state index in [1.165, 1.54) is 24.3 Å². The Morgan fingerprint density at radius 2 is 1.24 bits per heavy atom. The maximum absolute atomic E-state index is 11.5. The second kappa shape index (κ2) is 9.29. The minimum absolute atomic E-state index is 0.141. The highest BCUT2D eigenvalue weighted by atomic mass is 32.2. The lowest BCUT2D eigenvalue weighted by Crippen LogP contribution is -2.25. The molecule has 194 valence electrons. The Labute approximate surface area is 217 Å². The molecule has 2 aliphatic rings. The summed E-state index contributed by atoms with van der Waals surface area (Å²) in [5.74, 6) is 0. The summed E-state index contributed by atoms with van der Waals surface area (Å²) in [5, 5.41) is 0. The average molecular weight is 541 g/mol. The van der Waals surface area contributed by atoms with Gasteiger partial charge in [-0.2, -0.15) is 16.8 Å². The van der Waals surface area contributed by atoms with Gasteiger partial charge < -0.3 is 0 Å². The van der Waals surface area contributed by atoms with E-state index in [9.17, 15) is 25.9 Å². The first-order chi connectivity index (χ1) is 17.1. The Morgan fingerprint density at radius 1 is 0.730 bits per heavy atom. The van der Waals surface area contributed by atoms with Crippen LogP contribution < -0.4 is 0 Å². The fourth-order valence-corrected chi connectivity index (χ4v) is 5.49. The summed E-state index contributed by atoms with van der Waals surface area (Å²) in [7, 11) is -8.57. The zero-order valence-electron chi connectivity index (χ0n) is 20.9. The van der Waals surface area contributed by atoms with E-state index in [1.807, 2.05) is 64.2 Å². The number of nitrogens with zero attached hydrogens (tertiary/aromatic N) is 2. The topological polar surface area (TPSA) is 133 Å². The number of rotatable bonds is 7. The van der Waals surface area contributed by atoms with Crippen molar-refractivity contribution in [2.45, 2.75) is 54.7 Å². The van der Waals surface area contributed by atoms with Crippen molar-refractivity contribution in [1.29, 1.82) is 0 Å². The fraction of sp³-hybridized carbons (Fsp3) is 0.259. The highest BCUT2D eigenvalue weighted by Crippen LogP contribution is 2.43. The van der Waals surface area contributed by atoms with Crippen LogP contribution in [0, 0.1) is 0 Å². The molecular weight excluding hydrogens is 512 g/mol. The van der Waals surface area contributed by atoms with E-state index in [0.717, 1.165) is 22.6 Å². The van der Waals surface area contributed by atoms with Crippen molar-refractivity contribution < 1.29 is 25.9 Å². The van der Waals surface area contributed by atoms with Crippen LogP contribution in [0.2, 0.25) is 0 Å². The third-order valence-electron chi connectivity index (χ3n) is 6.77. The van der Waals surface area contributed by atoms with Crippen LogP contribution in [-0.2, 0) is 31.1 Å². The lowest BCUT2D eigenvalue weighted by molar-refractivity contribution is 0.480. The van der Waals surface area contributed by atoms with E-state index in [4.69, 9.17) is 0 Å². The predicted octanol–water partition coefficient (Wildman–Crippen LogP) is 5.67. The number of aliphatic imine (C=N–C) groups is 2. The van der Waals surface area contributed by atoms with Crippen molar-refractivity contribution in [3.8, 4) is 0 Å². The predicted molar refractivity (Wildman–Crippen MR) is 145 cm³/mol. The molecule has 2 heterocycles. The van der Waals surface area contributed by atoms with Gasteiger partial charge in [0.25, 0.3) is 20.2 Å². The molecule has 2 aromatic carbocycles. The molecule has 4 rings (SSSR count). The molecule has 0 aliphatic carbocycles. The van der Waals surface area contributed by atoms with Gasteiger partial charge in [0.15, 0.2) is 0 Å². The van der Waals surface area contributed by atoms with Gasteiger partial charge in [0.1, 0.15) is 0 Å². The largest absolute Gasteiger partial charge is 0.294 e. The molecule has 0 aromatic heterocycles. The lowest BCUT2D eigenvalue weighted by atomic mass is 9.80. The SMILES string of the molecule is CC1(C)C(C=CC=CC=CCC2=Nc3ccc(S(=O)(=O)O)cc3C2(C)C)=Nc2ccc(S(=O)(=O)O)cc21. The fourth-order valence-electron chi connectivity index (χ4n) is 4.48. The Morgan fingerprint density at radius 3 is 1.81 bits per heavy atom. The number of hydrogen-bond acceptors (Lipinski definition) is 6. The first-order valence-electron chi connectivity index (χ1n) is 11.5. The lowest BCUT2D eigenvalue weighted by Gasteiger charge is -2.21. The summed E-state index contributed by atoms with van der Waals surface area (Å²) >= 11 is 0. The quantitative estimate of drug-likeness (QED) is 0.343. The molecule has 2 N–H and O–H groups in total. The van der Waals surface area contributed by atoms with Gasteiger partial charge in [-0.3, -0.25) is 19.1 Å². The normalized spacial score (nSPS) is 18.4.